The van der Waals surface area contributed by atoms with E-state index in [2.05, 4.69) is 15.9 Å². The topological polar surface area (TPSA) is 40.1 Å². The first-order valence-corrected chi connectivity index (χ1v) is 4.83. The summed E-state index contributed by atoms with van der Waals surface area (Å²) in [5.41, 5.74) is 1.03. The highest BCUT2D eigenvalue weighted by molar-refractivity contribution is 9.10. The number of rotatable bonds is 1. The molecule has 0 aliphatic heterocycles. The van der Waals surface area contributed by atoms with E-state index >= 15 is 0 Å². The maximum Gasteiger partial charge on any atom is 0.0260 e. The fourth-order valence-electron chi connectivity index (χ4n) is 0.677. The van der Waals surface area contributed by atoms with Crippen LogP contribution in [-0.2, 0) is 11.1 Å². The van der Waals surface area contributed by atoms with E-state index in [1.807, 2.05) is 6.92 Å². The van der Waals surface area contributed by atoms with Gasteiger partial charge in [0.15, 0.2) is 0 Å². The summed E-state index contributed by atoms with van der Waals surface area (Å²) in [6.07, 6.45) is 0. The Bertz CT molecular complexity index is 298. The Hall–Kier alpha value is -0.190. The summed E-state index contributed by atoms with van der Waals surface area (Å²) in [5, 5.41) is 0. The second kappa shape index (κ2) is 3.47. The normalized spacial score (nSPS) is 13.0. The number of hydrogen-bond acceptors (Lipinski definition) is 2. The molecular weight excluding hydrogens is 228 g/mol. The summed E-state index contributed by atoms with van der Waals surface area (Å²) in [6.45, 7) is 1.90. The van der Waals surface area contributed by atoms with Crippen molar-refractivity contribution in [1.29, 1.82) is 0 Å². The highest BCUT2D eigenvalue weighted by atomic mass is 79.9. The molecule has 0 aliphatic carbocycles. The first kappa shape index (κ1) is 8.90. The quantitative estimate of drug-likeness (QED) is 0.697. The molecule has 4 heteroatoms. The summed E-state index contributed by atoms with van der Waals surface area (Å²) in [5.74, 6) is 0. The third-order valence-corrected chi connectivity index (χ3v) is 2.83. The number of halogens is 1. The molecule has 1 aromatic carbocycles. The van der Waals surface area contributed by atoms with Crippen molar-refractivity contribution < 1.29 is 8.76 Å². The van der Waals surface area contributed by atoms with E-state index in [1.54, 1.807) is 18.2 Å². The monoisotopic (exact) mass is 233 g/mol. The smallest absolute Gasteiger partial charge is 0.0260 e. The van der Waals surface area contributed by atoms with Crippen LogP contribution in [0, 0.1) is 6.92 Å². The van der Waals surface area contributed by atoms with Crippen molar-refractivity contribution >= 4 is 27.0 Å². The molecule has 0 aliphatic rings. The lowest BCUT2D eigenvalue weighted by Crippen LogP contribution is -1.88. The van der Waals surface area contributed by atoms with Crippen LogP contribution in [0.2, 0.25) is 0 Å². The molecule has 0 radical (unpaired) electrons. The van der Waals surface area contributed by atoms with Gasteiger partial charge in [-0.25, -0.2) is 0 Å². The van der Waals surface area contributed by atoms with Crippen LogP contribution in [0.4, 0.5) is 0 Å². The van der Waals surface area contributed by atoms with E-state index in [1.165, 1.54) is 0 Å². The molecule has 0 amide bonds. The van der Waals surface area contributed by atoms with E-state index in [-0.39, 0.29) is 0 Å². The Balaban J connectivity index is 3.15. The summed E-state index contributed by atoms with van der Waals surface area (Å²) in [4.78, 5) is 0.308. The van der Waals surface area contributed by atoms with Crippen LogP contribution in [0.25, 0.3) is 0 Å². The van der Waals surface area contributed by atoms with E-state index in [9.17, 15) is 8.76 Å². The molecule has 0 bridgehead atoms. The van der Waals surface area contributed by atoms with E-state index in [4.69, 9.17) is 0 Å². The average molecular weight is 234 g/mol. The molecule has 1 rings (SSSR count). The molecule has 0 heterocycles. The Labute approximate surface area is 76.0 Å². The molecule has 11 heavy (non-hydrogen) atoms. The van der Waals surface area contributed by atoms with Gasteiger partial charge in [0.2, 0.25) is 0 Å². The van der Waals surface area contributed by atoms with Gasteiger partial charge in [-0.1, -0.05) is 22.0 Å². The van der Waals surface area contributed by atoms with Crippen molar-refractivity contribution in [2.45, 2.75) is 11.8 Å². The molecule has 1 aromatic rings. The summed E-state index contributed by atoms with van der Waals surface area (Å²) < 4.78 is 21.7. The van der Waals surface area contributed by atoms with Gasteiger partial charge in [-0.3, -0.25) is 4.21 Å². The van der Waals surface area contributed by atoms with Gasteiger partial charge >= 0.3 is 0 Å². The van der Waals surface area contributed by atoms with E-state index < -0.39 is 11.1 Å². The number of aryl methyl sites for hydroxylation is 1. The van der Waals surface area contributed by atoms with E-state index in [0.717, 1.165) is 10.0 Å². The molecule has 1 unspecified atom stereocenters. The third kappa shape index (κ3) is 2.12. The lowest BCUT2D eigenvalue weighted by Gasteiger charge is -2.05. The molecule has 0 saturated carbocycles. The van der Waals surface area contributed by atoms with Gasteiger partial charge in [-0.2, -0.15) is 0 Å². The Morgan fingerprint density at radius 2 is 2.18 bits per heavy atom. The zero-order valence-corrected chi connectivity index (χ0v) is 8.24. The third-order valence-electron chi connectivity index (χ3n) is 1.34. The van der Waals surface area contributed by atoms with Crippen LogP contribution in [0.5, 0.6) is 0 Å². The van der Waals surface area contributed by atoms with Gasteiger partial charge in [0.1, 0.15) is 0 Å². The molecule has 2 nitrogen and oxygen atoms in total. The van der Waals surface area contributed by atoms with Crippen LogP contribution >= 0.6 is 15.9 Å². The fraction of sp³-hybridized carbons (Fsp3) is 0.143. The maximum absolute atomic E-state index is 10.4. The first-order chi connectivity index (χ1) is 5.11. The van der Waals surface area contributed by atoms with Crippen LogP contribution in [0.1, 0.15) is 5.56 Å². The largest absolute Gasteiger partial charge is 0.768 e. The molecule has 1 atom stereocenters. The number of benzene rings is 1. The molecular formula is C7H6BrO2S-. The lowest BCUT2D eigenvalue weighted by molar-refractivity contribution is 0.537. The van der Waals surface area contributed by atoms with Crippen molar-refractivity contribution in [3.8, 4) is 0 Å². The Kier molecular flexibility index (Phi) is 2.81. The van der Waals surface area contributed by atoms with Gasteiger partial charge in [-0.05, 0) is 35.7 Å². The molecule has 0 spiro atoms. The summed E-state index contributed by atoms with van der Waals surface area (Å²) in [7, 11) is 0. The number of hydrogen-bond donors (Lipinski definition) is 0. The minimum atomic E-state index is -2.13. The first-order valence-electron chi connectivity index (χ1n) is 2.96. The second-order valence-electron chi connectivity index (χ2n) is 2.15. The Morgan fingerprint density at radius 1 is 1.55 bits per heavy atom. The minimum absolute atomic E-state index is 0.308. The van der Waals surface area contributed by atoms with Crippen LogP contribution in [-0.4, -0.2) is 8.76 Å². The van der Waals surface area contributed by atoms with Crippen LogP contribution in [0.3, 0.4) is 0 Å². The zero-order valence-electron chi connectivity index (χ0n) is 5.83. The van der Waals surface area contributed by atoms with Crippen LogP contribution in [0.15, 0.2) is 27.6 Å². The lowest BCUT2D eigenvalue weighted by atomic mass is 10.2. The molecule has 0 fully saturated rings. The van der Waals surface area contributed by atoms with Crippen molar-refractivity contribution in [2.75, 3.05) is 0 Å². The van der Waals surface area contributed by atoms with Gasteiger partial charge in [0, 0.05) is 9.37 Å². The minimum Gasteiger partial charge on any atom is -0.768 e. The van der Waals surface area contributed by atoms with Crippen molar-refractivity contribution in [3.05, 3.63) is 28.2 Å². The fourth-order valence-corrected chi connectivity index (χ4v) is 1.60. The van der Waals surface area contributed by atoms with Crippen molar-refractivity contribution in [3.63, 3.8) is 0 Å². The van der Waals surface area contributed by atoms with Crippen molar-refractivity contribution in [1.82, 2.24) is 0 Å². The molecule has 0 aromatic heterocycles. The summed E-state index contributed by atoms with van der Waals surface area (Å²) in [6, 6.07) is 4.91. The van der Waals surface area contributed by atoms with Crippen molar-refractivity contribution in [2.24, 2.45) is 0 Å². The Morgan fingerprint density at radius 3 is 2.64 bits per heavy atom. The van der Waals surface area contributed by atoms with Gasteiger partial charge in [-0.15, -0.1) is 0 Å². The molecule has 60 valence electrons. The van der Waals surface area contributed by atoms with E-state index in [0.29, 0.717) is 4.90 Å². The standard InChI is InChI=1S/C7H7BrO2S/c1-5-2-3-6(11(9)10)4-7(5)8/h2-4H,1H3,(H,9,10)/p-1. The second-order valence-corrected chi connectivity index (χ2v) is 3.94. The maximum atomic E-state index is 10.4. The molecule has 0 N–H and O–H groups in total. The SMILES string of the molecule is Cc1ccc(S(=O)[O-])cc1Br. The highest BCUT2D eigenvalue weighted by Gasteiger charge is 1.96. The van der Waals surface area contributed by atoms with Gasteiger partial charge in [0.05, 0.1) is 0 Å². The summed E-state index contributed by atoms with van der Waals surface area (Å²) >= 11 is 1.11. The predicted molar refractivity (Wildman–Crippen MR) is 46.1 cm³/mol. The van der Waals surface area contributed by atoms with Gasteiger partial charge in [0.25, 0.3) is 0 Å². The van der Waals surface area contributed by atoms with Gasteiger partial charge < -0.3 is 4.55 Å². The van der Waals surface area contributed by atoms with Crippen LogP contribution < -0.4 is 0 Å². The highest BCUT2D eigenvalue weighted by Crippen LogP contribution is 2.18. The predicted octanol–water partition coefficient (Wildman–Crippen LogP) is 2.00. The zero-order chi connectivity index (χ0) is 8.43. The average Bonchev–Trinajstić information content (AvgIpc) is 1.94. The molecule has 0 saturated heterocycles.